The third kappa shape index (κ3) is 6.69. The van der Waals surface area contributed by atoms with Crippen molar-refractivity contribution in [3.8, 4) is 6.07 Å². The van der Waals surface area contributed by atoms with Gasteiger partial charge in [0, 0.05) is 64.0 Å². The number of rotatable bonds is 6. The van der Waals surface area contributed by atoms with E-state index in [4.69, 9.17) is 5.14 Å². The van der Waals surface area contributed by atoms with Gasteiger partial charge in [0.2, 0.25) is 10.0 Å². The van der Waals surface area contributed by atoms with Gasteiger partial charge in [-0.2, -0.15) is 5.26 Å². The molecule has 0 spiro atoms. The number of nitriles is 1. The van der Waals surface area contributed by atoms with Crippen molar-refractivity contribution in [1.82, 2.24) is 9.80 Å². The van der Waals surface area contributed by atoms with E-state index in [2.05, 4.69) is 34.9 Å². The van der Waals surface area contributed by atoms with Crippen LogP contribution in [0, 0.1) is 25.2 Å². The first-order valence-corrected chi connectivity index (χ1v) is 16.4. The summed E-state index contributed by atoms with van der Waals surface area (Å²) >= 11 is 0. The third-order valence-corrected chi connectivity index (χ3v) is 9.62. The van der Waals surface area contributed by atoms with Crippen LogP contribution in [-0.4, -0.2) is 76.0 Å². The fourth-order valence-corrected chi connectivity index (χ4v) is 7.10. The van der Waals surface area contributed by atoms with Gasteiger partial charge in [-0.25, -0.2) is 13.6 Å². The Balaban J connectivity index is 1.28. The maximum absolute atomic E-state index is 13.9. The summed E-state index contributed by atoms with van der Waals surface area (Å²) in [6, 6.07) is 20.9. The second-order valence-corrected chi connectivity index (χ2v) is 13.2. The van der Waals surface area contributed by atoms with E-state index >= 15 is 0 Å². The summed E-state index contributed by atoms with van der Waals surface area (Å²) in [7, 11) is -3.86. The minimum atomic E-state index is -3.86. The minimum Gasteiger partial charge on any atom is -0.369 e. The van der Waals surface area contributed by atoms with Crippen LogP contribution in [-0.2, 0) is 16.6 Å². The fraction of sp³-hybridized carbons (Fsp3) is 0.394. The molecule has 5 rings (SSSR count). The average Bonchev–Trinajstić information content (AvgIpc) is 3.23. The van der Waals surface area contributed by atoms with E-state index in [0.717, 1.165) is 56.0 Å². The maximum Gasteiger partial charge on any atom is 0.254 e. The molecule has 2 saturated heterocycles. The largest absolute Gasteiger partial charge is 0.369 e. The lowest BCUT2D eigenvalue weighted by Crippen LogP contribution is -2.54. The molecule has 0 radical (unpaired) electrons. The highest BCUT2D eigenvalue weighted by Crippen LogP contribution is 2.28. The number of hydrogen-bond acceptors (Lipinski definition) is 7. The Morgan fingerprint density at radius 2 is 1.60 bits per heavy atom. The zero-order valence-electron chi connectivity index (χ0n) is 25.2. The lowest BCUT2D eigenvalue weighted by molar-refractivity contribution is 0.0673. The molecule has 43 heavy (non-hydrogen) atoms. The molecule has 226 valence electrons. The number of sulfonamides is 1. The molecule has 0 unspecified atom stereocenters. The van der Waals surface area contributed by atoms with Crippen molar-refractivity contribution in [2.24, 2.45) is 5.14 Å². The van der Waals surface area contributed by atoms with E-state index in [1.165, 1.54) is 11.6 Å². The van der Waals surface area contributed by atoms with E-state index in [9.17, 15) is 18.5 Å². The Morgan fingerprint density at radius 3 is 2.33 bits per heavy atom. The van der Waals surface area contributed by atoms with Crippen LogP contribution in [0.4, 0.5) is 11.4 Å². The van der Waals surface area contributed by atoms with Gasteiger partial charge in [-0.05, 0) is 74.2 Å². The molecule has 3 aromatic carbocycles. The van der Waals surface area contributed by atoms with Crippen LogP contribution >= 0.6 is 0 Å². The quantitative estimate of drug-likeness (QED) is 0.457. The van der Waals surface area contributed by atoms with E-state index in [-0.39, 0.29) is 16.8 Å². The highest BCUT2D eigenvalue weighted by atomic mass is 32.2. The monoisotopic (exact) mass is 600 g/mol. The number of carbonyl (C=O) groups is 1. The number of nitrogens with two attached hydrogens (primary N) is 1. The van der Waals surface area contributed by atoms with Gasteiger partial charge in [0.1, 0.15) is 11.0 Å². The van der Waals surface area contributed by atoms with Crippen molar-refractivity contribution < 1.29 is 13.2 Å². The predicted octanol–water partition coefficient (Wildman–Crippen LogP) is 3.89. The Bertz CT molecular complexity index is 1650. The molecule has 2 fully saturated rings. The number of anilines is 2. The normalized spacial score (nSPS) is 18.3. The molecule has 0 bridgehead atoms. The third-order valence-electron chi connectivity index (χ3n) is 8.66. The van der Waals surface area contributed by atoms with Gasteiger partial charge < -0.3 is 14.7 Å². The molecule has 0 aromatic heterocycles. The number of benzene rings is 3. The molecule has 9 nitrogen and oxygen atoms in total. The van der Waals surface area contributed by atoms with Gasteiger partial charge in [0.25, 0.3) is 5.91 Å². The van der Waals surface area contributed by atoms with E-state index in [1.807, 2.05) is 47.9 Å². The molecular weight excluding hydrogens is 560 g/mol. The zero-order chi connectivity index (χ0) is 30.7. The molecule has 2 heterocycles. The number of primary sulfonamides is 1. The number of amides is 1. The Morgan fingerprint density at radius 1 is 0.907 bits per heavy atom. The highest BCUT2D eigenvalue weighted by Gasteiger charge is 2.31. The number of para-hydroxylation sites is 2. The van der Waals surface area contributed by atoms with Gasteiger partial charge in [-0.3, -0.25) is 9.69 Å². The van der Waals surface area contributed by atoms with E-state index < -0.39 is 10.0 Å². The molecule has 2 aliphatic heterocycles. The van der Waals surface area contributed by atoms with Crippen molar-refractivity contribution >= 4 is 27.3 Å². The summed E-state index contributed by atoms with van der Waals surface area (Å²) < 4.78 is 24.3. The van der Waals surface area contributed by atoms with Gasteiger partial charge in [-0.15, -0.1) is 0 Å². The van der Waals surface area contributed by atoms with Gasteiger partial charge >= 0.3 is 0 Å². The topological polar surface area (TPSA) is 114 Å². The molecule has 0 saturated carbocycles. The summed E-state index contributed by atoms with van der Waals surface area (Å²) in [6.45, 7) is 11.9. The molecule has 1 atom stereocenters. The van der Waals surface area contributed by atoms with Crippen LogP contribution in [0.1, 0.15) is 46.0 Å². The summed E-state index contributed by atoms with van der Waals surface area (Å²) in [5, 5.41) is 15.0. The van der Waals surface area contributed by atoms with Crippen molar-refractivity contribution in [2.45, 2.75) is 44.7 Å². The molecule has 1 amide bonds. The van der Waals surface area contributed by atoms with Crippen LogP contribution in [0.2, 0.25) is 0 Å². The van der Waals surface area contributed by atoms with Crippen molar-refractivity contribution in [3.63, 3.8) is 0 Å². The molecule has 0 aliphatic carbocycles. The number of hydrogen-bond donors (Lipinski definition) is 1. The predicted molar refractivity (Wildman–Crippen MR) is 170 cm³/mol. The first-order valence-electron chi connectivity index (χ1n) is 14.8. The van der Waals surface area contributed by atoms with Crippen LogP contribution in [0.3, 0.4) is 0 Å². The minimum absolute atomic E-state index is 0.000726. The smallest absolute Gasteiger partial charge is 0.254 e. The highest BCUT2D eigenvalue weighted by molar-refractivity contribution is 7.89. The number of piperazine rings is 1. The SMILES string of the molecule is Cc1cc(C)c(C(=O)N2CCN(c3ccccc3S(N)(=O)=O)C[C@@H]2C)cc1CN1CCCN(c2ccccc2C#N)CC1. The van der Waals surface area contributed by atoms with Gasteiger partial charge in [-0.1, -0.05) is 30.3 Å². The summed E-state index contributed by atoms with van der Waals surface area (Å²) in [5.41, 5.74) is 6.26. The molecule has 3 aromatic rings. The fourth-order valence-electron chi connectivity index (χ4n) is 6.34. The van der Waals surface area contributed by atoms with E-state index in [0.29, 0.717) is 36.4 Å². The van der Waals surface area contributed by atoms with Crippen molar-refractivity contribution in [3.05, 3.63) is 88.5 Å². The lowest BCUT2D eigenvalue weighted by Gasteiger charge is -2.41. The van der Waals surface area contributed by atoms with E-state index in [1.54, 1.807) is 18.2 Å². The summed E-state index contributed by atoms with van der Waals surface area (Å²) in [4.78, 5) is 22.7. The first-order chi connectivity index (χ1) is 20.6. The van der Waals surface area contributed by atoms with Gasteiger partial charge in [0.05, 0.1) is 16.9 Å². The average molecular weight is 601 g/mol. The zero-order valence-corrected chi connectivity index (χ0v) is 26.0. The Hall–Kier alpha value is -3.91. The van der Waals surface area contributed by atoms with Crippen LogP contribution in [0.25, 0.3) is 0 Å². The maximum atomic E-state index is 13.9. The molecule has 2 aliphatic rings. The Kier molecular flexibility index (Phi) is 9.06. The molecule has 2 N–H and O–H groups in total. The number of carbonyl (C=O) groups excluding carboxylic acids is 1. The second-order valence-electron chi connectivity index (χ2n) is 11.6. The molecule has 10 heteroatoms. The second kappa shape index (κ2) is 12.8. The first kappa shape index (κ1) is 30.5. The number of aryl methyl sites for hydroxylation is 2. The number of nitrogens with zero attached hydrogens (tertiary/aromatic N) is 5. The van der Waals surface area contributed by atoms with Crippen LogP contribution < -0.4 is 14.9 Å². The summed E-state index contributed by atoms with van der Waals surface area (Å²) in [6.07, 6.45) is 0.993. The Labute approximate surface area is 255 Å². The standard InChI is InChI=1S/C33H40N6O3S/c1-24-19-25(2)29(20-28(24)23-36-13-8-14-37(16-15-36)30-10-5-4-9-27(30)21-34)33(40)39-18-17-38(22-26(39)3)31-11-6-7-12-32(31)43(35,41)42/h4-7,9-12,19-20,26H,8,13-18,22-23H2,1-3H3,(H2,35,41,42)/t26-/m0/s1. The van der Waals surface area contributed by atoms with Crippen molar-refractivity contribution in [2.75, 3.05) is 55.6 Å². The van der Waals surface area contributed by atoms with Gasteiger partial charge in [0.15, 0.2) is 0 Å². The van der Waals surface area contributed by atoms with Crippen LogP contribution in [0.15, 0.2) is 65.6 Å². The summed E-state index contributed by atoms with van der Waals surface area (Å²) in [5.74, 6) is 0.000726. The molecular formula is C33H40N6O3S. The van der Waals surface area contributed by atoms with Crippen LogP contribution in [0.5, 0.6) is 0 Å². The lowest BCUT2D eigenvalue weighted by atomic mass is 9.97. The van der Waals surface area contributed by atoms with Crippen molar-refractivity contribution in [1.29, 1.82) is 5.26 Å².